The Labute approximate surface area is 167 Å². The van der Waals surface area contributed by atoms with E-state index in [1.54, 1.807) is 49.6 Å². The average Bonchev–Trinajstić information content (AvgIpc) is 2.74. The van der Waals surface area contributed by atoms with Crippen molar-refractivity contribution in [2.75, 3.05) is 25.6 Å². The molecule has 2 heterocycles. The van der Waals surface area contributed by atoms with Gasteiger partial charge in [-0.3, -0.25) is 4.98 Å². The van der Waals surface area contributed by atoms with E-state index in [-0.39, 0.29) is 11.8 Å². The number of hydrogen-bond acceptors (Lipinski definition) is 4. The molecule has 148 valence electrons. The van der Waals surface area contributed by atoms with Crippen LogP contribution in [-0.2, 0) is 0 Å². The van der Waals surface area contributed by atoms with E-state index < -0.39 is 6.04 Å². The molecular weight excluding hydrogens is 373 g/mol. The molecule has 0 saturated heterocycles. The molecule has 3 aromatic rings. The van der Waals surface area contributed by atoms with Crippen molar-refractivity contribution in [3.63, 3.8) is 0 Å². The van der Waals surface area contributed by atoms with Gasteiger partial charge < -0.3 is 19.7 Å². The third-order valence-corrected chi connectivity index (χ3v) is 4.63. The topological polar surface area (TPSA) is 63.7 Å². The fraction of sp³-hybridized carbons (Fsp3) is 0.182. The van der Waals surface area contributed by atoms with Crippen LogP contribution >= 0.6 is 0 Å². The first-order valence-corrected chi connectivity index (χ1v) is 9.21. The molecule has 1 atom stereocenters. The molecule has 4 rings (SSSR count). The van der Waals surface area contributed by atoms with Gasteiger partial charge in [0.05, 0.1) is 5.69 Å². The summed E-state index contributed by atoms with van der Waals surface area (Å²) >= 11 is 0. The number of halogens is 1. The summed E-state index contributed by atoms with van der Waals surface area (Å²) in [6, 6.07) is 15.9. The Bertz CT molecular complexity index is 1010. The summed E-state index contributed by atoms with van der Waals surface area (Å²) in [6.45, 7) is 0.965. The molecule has 1 aliphatic rings. The molecule has 1 aromatic heterocycles. The molecule has 2 amide bonds. The lowest BCUT2D eigenvalue weighted by Gasteiger charge is -2.28. The van der Waals surface area contributed by atoms with E-state index in [2.05, 4.69) is 10.3 Å². The Hall–Kier alpha value is -3.61. The minimum absolute atomic E-state index is 0.360. The SMILES string of the molecule is CN(C(=O)Nc1ccc2c(c1)OCCO2)C(c1cccc(F)c1)c1ccccn1. The highest BCUT2D eigenvalue weighted by molar-refractivity contribution is 5.90. The van der Waals surface area contributed by atoms with Gasteiger partial charge in [0, 0.05) is 25.0 Å². The lowest BCUT2D eigenvalue weighted by Crippen LogP contribution is -2.36. The zero-order valence-electron chi connectivity index (χ0n) is 15.8. The molecule has 0 fully saturated rings. The summed E-state index contributed by atoms with van der Waals surface area (Å²) in [4.78, 5) is 18.8. The Morgan fingerprint density at radius 2 is 1.90 bits per heavy atom. The number of nitrogens with one attached hydrogen (secondary N) is 1. The molecule has 0 spiro atoms. The first kappa shape index (κ1) is 18.7. The van der Waals surface area contributed by atoms with Crippen molar-refractivity contribution < 1.29 is 18.7 Å². The number of urea groups is 1. The van der Waals surface area contributed by atoms with E-state index in [9.17, 15) is 9.18 Å². The standard InChI is InChI=1S/C22H20FN3O3/c1-26(22(27)25-17-8-9-19-20(14-17)29-12-11-28-19)21(18-7-2-3-10-24-18)15-5-4-6-16(23)13-15/h2-10,13-14,21H,11-12H2,1H3,(H,25,27). The number of hydrogen-bond donors (Lipinski definition) is 1. The maximum Gasteiger partial charge on any atom is 0.322 e. The number of nitrogens with zero attached hydrogens (tertiary/aromatic N) is 2. The van der Waals surface area contributed by atoms with Crippen LogP contribution in [0.4, 0.5) is 14.9 Å². The van der Waals surface area contributed by atoms with Crippen molar-refractivity contribution in [2.45, 2.75) is 6.04 Å². The van der Waals surface area contributed by atoms with Crippen LogP contribution in [0, 0.1) is 5.82 Å². The molecule has 29 heavy (non-hydrogen) atoms. The minimum atomic E-state index is -0.552. The van der Waals surface area contributed by atoms with Gasteiger partial charge >= 0.3 is 6.03 Å². The second-order valence-electron chi connectivity index (χ2n) is 6.61. The third-order valence-electron chi connectivity index (χ3n) is 4.63. The predicted octanol–water partition coefficient (Wildman–Crippen LogP) is 4.25. The third kappa shape index (κ3) is 4.13. The molecule has 0 aliphatic carbocycles. The maximum atomic E-state index is 13.8. The number of carbonyl (C=O) groups is 1. The summed E-state index contributed by atoms with van der Waals surface area (Å²) in [5.41, 5.74) is 1.84. The highest BCUT2D eigenvalue weighted by Gasteiger charge is 2.25. The predicted molar refractivity (Wildman–Crippen MR) is 107 cm³/mol. The number of carbonyl (C=O) groups excluding carboxylic acids is 1. The van der Waals surface area contributed by atoms with Gasteiger partial charge in [0.25, 0.3) is 0 Å². The molecule has 1 N–H and O–H groups in total. The van der Waals surface area contributed by atoms with Crippen molar-refractivity contribution in [1.29, 1.82) is 0 Å². The molecule has 6 nitrogen and oxygen atoms in total. The Kier molecular flexibility index (Phi) is 5.29. The highest BCUT2D eigenvalue weighted by atomic mass is 19.1. The molecule has 0 radical (unpaired) electrons. The van der Waals surface area contributed by atoms with Gasteiger partial charge in [0.1, 0.15) is 25.1 Å². The zero-order chi connectivity index (χ0) is 20.2. The smallest absolute Gasteiger partial charge is 0.322 e. The fourth-order valence-corrected chi connectivity index (χ4v) is 3.26. The van der Waals surface area contributed by atoms with E-state index in [4.69, 9.17) is 9.47 Å². The lowest BCUT2D eigenvalue weighted by molar-refractivity contribution is 0.171. The van der Waals surface area contributed by atoms with Gasteiger partial charge in [-0.25, -0.2) is 9.18 Å². The quantitative estimate of drug-likeness (QED) is 0.720. The van der Waals surface area contributed by atoms with Crippen molar-refractivity contribution in [2.24, 2.45) is 0 Å². The molecule has 1 unspecified atom stereocenters. The monoisotopic (exact) mass is 393 g/mol. The first-order valence-electron chi connectivity index (χ1n) is 9.21. The summed E-state index contributed by atoms with van der Waals surface area (Å²) in [5, 5.41) is 2.86. The van der Waals surface area contributed by atoms with Gasteiger partial charge in [-0.05, 0) is 42.0 Å². The molecule has 0 saturated carbocycles. The summed E-state index contributed by atoms with van der Waals surface area (Å²) in [6.07, 6.45) is 1.65. The van der Waals surface area contributed by atoms with E-state index in [1.165, 1.54) is 17.0 Å². The van der Waals surface area contributed by atoms with Gasteiger partial charge in [0.15, 0.2) is 11.5 Å². The van der Waals surface area contributed by atoms with Gasteiger partial charge in [-0.15, -0.1) is 0 Å². The number of ether oxygens (including phenoxy) is 2. The maximum absolute atomic E-state index is 13.8. The van der Waals surface area contributed by atoms with E-state index in [0.717, 1.165) is 0 Å². The highest BCUT2D eigenvalue weighted by Crippen LogP contribution is 2.33. The van der Waals surface area contributed by atoms with Crippen LogP contribution in [0.25, 0.3) is 0 Å². The van der Waals surface area contributed by atoms with Crippen molar-refractivity contribution in [3.05, 3.63) is 83.9 Å². The number of rotatable bonds is 4. The van der Waals surface area contributed by atoms with E-state index >= 15 is 0 Å². The van der Waals surface area contributed by atoms with Crippen LogP contribution in [0.15, 0.2) is 66.9 Å². The molecule has 7 heteroatoms. The van der Waals surface area contributed by atoms with Crippen molar-refractivity contribution in [3.8, 4) is 11.5 Å². The van der Waals surface area contributed by atoms with Crippen LogP contribution in [0.3, 0.4) is 0 Å². The van der Waals surface area contributed by atoms with Crippen LogP contribution in [0.1, 0.15) is 17.3 Å². The number of anilines is 1. The van der Waals surface area contributed by atoms with Gasteiger partial charge in [0.2, 0.25) is 0 Å². The van der Waals surface area contributed by atoms with Crippen LogP contribution < -0.4 is 14.8 Å². The van der Waals surface area contributed by atoms with Crippen LogP contribution in [0.2, 0.25) is 0 Å². The number of amides is 2. The fourth-order valence-electron chi connectivity index (χ4n) is 3.26. The molecule has 0 bridgehead atoms. The molecular formula is C22H20FN3O3. The Balaban J connectivity index is 1.60. The van der Waals surface area contributed by atoms with Crippen LogP contribution in [0.5, 0.6) is 11.5 Å². The Morgan fingerprint density at radius 1 is 1.07 bits per heavy atom. The van der Waals surface area contributed by atoms with Crippen molar-refractivity contribution in [1.82, 2.24) is 9.88 Å². The lowest BCUT2D eigenvalue weighted by atomic mass is 10.0. The number of aromatic nitrogens is 1. The molecule has 2 aromatic carbocycles. The number of pyridine rings is 1. The number of benzene rings is 2. The van der Waals surface area contributed by atoms with E-state index in [0.29, 0.717) is 41.7 Å². The second kappa shape index (κ2) is 8.18. The average molecular weight is 393 g/mol. The zero-order valence-corrected chi connectivity index (χ0v) is 15.8. The normalized spacial score (nSPS) is 13.4. The summed E-state index contributed by atoms with van der Waals surface area (Å²) in [7, 11) is 1.65. The van der Waals surface area contributed by atoms with Gasteiger partial charge in [-0.2, -0.15) is 0 Å². The minimum Gasteiger partial charge on any atom is -0.486 e. The van der Waals surface area contributed by atoms with E-state index in [1.807, 2.05) is 12.1 Å². The molecule has 1 aliphatic heterocycles. The summed E-state index contributed by atoms with van der Waals surface area (Å²) < 4.78 is 24.9. The van der Waals surface area contributed by atoms with Crippen LogP contribution in [-0.4, -0.2) is 36.2 Å². The first-order chi connectivity index (χ1) is 14.1. The Morgan fingerprint density at radius 3 is 2.66 bits per heavy atom. The number of fused-ring (bicyclic) bond motifs is 1. The van der Waals surface area contributed by atoms with Crippen molar-refractivity contribution >= 4 is 11.7 Å². The second-order valence-corrected chi connectivity index (χ2v) is 6.61. The van der Waals surface area contributed by atoms with Gasteiger partial charge in [-0.1, -0.05) is 18.2 Å². The summed E-state index contributed by atoms with van der Waals surface area (Å²) in [5.74, 6) is 0.862. The largest absolute Gasteiger partial charge is 0.486 e.